The Morgan fingerprint density at radius 3 is 2.25 bits per heavy atom. The Morgan fingerprint density at radius 1 is 1.33 bits per heavy atom. The molecule has 0 spiro atoms. The Balaban J connectivity index is 0.00000121. The number of rotatable bonds is 1. The summed E-state index contributed by atoms with van der Waals surface area (Å²) in [6, 6.07) is 5.65. The fourth-order valence-electron chi connectivity index (χ4n) is 0.657. The van der Waals surface area contributed by atoms with Crippen molar-refractivity contribution in [3.8, 4) is 0 Å². The van der Waals surface area contributed by atoms with E-state index < -0.39 is 7.60 Å². The Hall–Kier alpha value is 1.47. The van der Waals surface area contributed by atoms with Gasteiger partial charge < -0.3 is 9.79 Å². The molecular weight excluding hydrogens is 272 g/mol. The molecule has 0 aliphatic rings. The van der Waals surface area contributed by atoms with E-state index in [4.69, 9.17) is 21.4 Å². The molecule has 1 aromatic carbocycles. The van der Waals surface area contributed by atoms with Crippen molar-refractivity contribution in [1.29, 1.82) is 0 Å². The fourth-order valence-corrected chi connectivity index (χ4v) is 1.51. The Kier molecular flexibility index (Phi) is 6.03. The minimum absolute atomic E-state index is 0. The molecule has 62 valence electrons. The summed E-state index contributed by atoms with van der Waals surface area (Å²) in [7, 11) is -4.13. The molecule has 0 heterocycles. The third kappa shape index (κ3) is 4.12. The summed E-state index contributed by atoms with van der Waals surface area (Å²) in [5.74, 6) is 0. The number of hydrogen-bond donors (Lipinski definition) is 2. The maximum absolute atomic E-state index is 10.6. The molecule has 0 fully saturated rings. The summed E-state index contributed by atoms with van der Waals surface area (Å²) in [6.45, 7) is 0. The number of benzene rings is 1. The van der Waals surface area contributed by atoms with Crippen LogP contribution >= 0.6 is 19.2 Å². The monoisotopic (exact) mass is 278 g/mol. The third-order valence-corrected chi connectivity index (χ3v) is 2.33. The van der Waals surface area contributed by atoms with Gasteiger partial charge in [-0.2, -0.15) is 0 Å². The molecule has 0 unspecified atom stereocenters. The second kappa shape index (κ2) is 5.37. The molecule has 0 atom stereocenters. The molecule has 3 nitrogen and oxygen atoms in total. The van der Waals surface area contributed by atoms with E-state index in [0.717, 1.165) is 0 Å². The van der Waals surface area contributed by atoms with Gasteiger partial charge >= 0.3 is 65.8 Å². The maximum atomic E-state index is 10.6. The van der Waals surface area contributed by atoms with Gasteiger partial charge in [-0.3, -0.25) is 4.57 Å². The molecule has 12 heavy (non-hydrogen) atoms. The standard InChI is InChI=1S/C6H6ClO3P.Rb.H/c7-5-2-1-3-6(4-5)11(8,9)10;;/h1-4H,(H2,8,9,10);;. The number of halogens is 1. The predicted octanol–water partition coefficient (Wildman–Crippen LogP) is 0.494. The van der Waals surface area contributed by atoms with E-state index >= 15 is 0 Å². The van der Waals surface area contributed by atoms with Crippen LogP contribution in [0.5, 0.6) is 0 Å². The topological polar surface area (TPSA) is 57.5 Å². The van der Waals surface area contributed by atoms with Crippen LogP contribution in [0.1, 0.15) is 0 Å². The van der Waals surface area contributed by atoms with E-state index in [0.29, 0.717) is 5.02 Å². The van der Waals surface area contributed by atoms with Crippen LogP contribution in [0.4, 0.5) is 0 Å². The van der Waals surface area contributed by atoms with E-state index in [9.17, 15) is 4.57 Å². The molecule has 0 amide bonds. The second-order valence-corrected chi connectivity index (χ2v) is 4.06. The van der Waals surface area contributed by atoms with E-state index in [1.54, 1.807) is 6.07 Å². The Morgan fingerprint density at radius 2 is 1.92 bits per heavy atom. The second-order valence-electron chi connectivity index (χ2n) is 2.02. The van der Waals surface area contributed by atoms with E-state index in [1.165, 1.54) is 18.2 Å². The van der Waals surface area contributed by atoms with Gasteiger partial charge in [0.25, 0.3) is 0 Å². The van der Waals surface area contributed by atoms with Gasteiger partial charge in [-0.05, 0) is 18.2 Å². The quantitative estimate of drug-likeness (QED) is 0.736. The average Bonchev–Trinajstić information content (AvgIpc) is 1.86. The fraction of sp³-hybridized carbons (Fsp3) is 0. The van der Waals surface area contributed by atoms with Crippen LogP contribution in [-0.4, -0.2) is 68.0 Å². The molecule has 0 radical (unpaired) electrons. The van der Waals surface area contributed by atoms with Crippen LogP contribution < -0.4 is 5.30 Å². The van der Waals surface area contributed by atoms with Gasteiger partial charge in [0.2, 0.25) is 0 Å². The zero-order chi connectivity index (χ0) is 8.48. The van der Waals surface area contributed by atoms with Crippen LogP contribution in [0.3, 0.4) is 0 Å². The van der Waals surface area contributed by atoms with Crippen LogP contribution in [0, 0.1) is 0 Å². The first-order valence-corrected chi connectivity index (χ1v) is 4.81. The first kappa shape index (κ1) is 13.5. The first-order chi connectivity index (χ1) is 5.00. The summed E-state index contributed by atoms with van der Waals surface area (Å²) in [5.41, 5.74) is 0. The zero-order valence-electron chi connectivity index (χ0n) is 5.44. The van der Waals surface area contributed by atoms with Gasteiger partial charge in [-0.25, -0.2) is 0 Å². The molecule has 2 N–H and O–H groups in total. The van der Waals surface area contributed by atoms with Gasteiger partial charge in [0.15, 0.2) is 0 Å². The van der Waals surface area contributed by atoms with Crippen LogP contribution in [0.25, 0.3) is 0 Å². The van der Waals surface area contributed by atoms with Gasteiger partial charge in [0.05, 0.1) is 5.30 Å². The van der Waals surface area contributed by atoms with E-state index in [2.05, 4.69) is 0 Å². The van der Waals surface area contributed by atoms with Crippen molar-refractivity contribution in [3.63, 3.8) is 0 Å². The van der Waals surface area contributed by atoms with Crippen LogP contribution in [0.2, 0.25) is 5.02 Å². The van der Waals surface area contributed by atoms with Crippen molar-refractivity contribution in [2.45, 2.75) is 0 Å². The first-order valence-electron chi connectivity index (χ1n) is 2.82. The zero-order valence-corrected chi connectivity index (χ0v) is 7.09. The van der Waals surface area contributed by atoms with E-state index in [-0.39, 0.29) is 63.5 Å². The van der Waals surface area contributed by atoms with Gasteiger partial charge in [-0.1, -0.05) is 17.7 Å². The van der Waals surface area contributed by atoms with Crippen molar-refractivity contribution in [2.24, 2.45) is 0 Å². The van der Waals surface area contributed by atoms with E-state index in [1.807, 2.05) is 0 Å². The van der Waals surface area contributed by atoms with Crippen LogP contribution in [0.15, 0.2) is 24.3 Å². The minimum atomic E-state index is -4.13. The molecule has 0 aliphatic heterocycles. The molecular formula is C6H7ClO3PRb. The summed E-state index contributed by atoms with van der Waals surface area (Å²) < 4.78 is 10.6. The summed E-state index contributed by atoms with van der Waals surface area (Å²) in [6.07, 6.45) is 0. The molecule has 0 aromatic heterocycles. The molecule has 1 rings (SSSR count). The number of hydrogen-bond acceptors (Lipinski definition) is 1. The molecule has 0 aliphatic carbocycles. The molecule has 0 bridgehead atoms. The molecule has 1 aromatic rings. The Labute approximate surface area is 124 Å². The summed E-state index contributed by atoms with van der Waals surface area (Å²) >= 11 is 5.51. The van der Waals surface area contributed by atoms with Gasteiger partial charge in [0.1, 0.15) is 0 Å². The third-order valence-electron chi connectivity index (χ3n) is 1.14. The van der Waals surface area contributed by atoms with Gasteiger partial charge in [-0.15, -0.1) is 0 Å². The van der Waals surface area contributed by atoms with Crippen molar-refractivity contribution in [3.05, 3.63) is 29.3 Å². The predicted molar refractivity (Wildman–Crippen MR) is 50.3 cm³/mol. The Bertz CT molecular complexity index is 311. The normalized spacial score (nSPS) is 10.6. The molecule has 6 heteroatoms. The van der Waals surface area contributed by atoms with Crippen molar-refractivity contribution in [2.75, 3.05) is 0 Å². The van der Waals surface area contributed by atoms with Crippen molar-refractivity contribution in [1.82, 2.24) is 0 Å². The summed E-state index contributed by atoms with van der Waals surface area (Å²) in [5, 5.41) is 0.274. The van der Waals surface area contributed by atoms with Gasteiger partial charge in [0, 0.05) is 5.02 Å². The molecule has 0 saturated carbocycles. The van der Waals surface area contributed by atoms with Crippen molar-refractivity contribution >= 4 is 82.7 Å². The van der Waals surface area contributed by atoms with Crippen LogP contribution in [-0.2, 0) is 4.57 Å². The molecule has 0 saturated heterocycles. The SMILES string of the molecule is O=P(O)(O)c1cccc(Cl)c1.[RbH]. The average molecular weight is 279 g/mol. The van der Waals surface area contributed by atoms with Crippen molar-refractivity contribution < 1.29 is 14.4 Å². The summed E-state index contributed by atoms with van der Waals surface area (Å²) in [4.78, 5) is 17.3.